The smallest absolute Gasteiger partial charge is 0.360 e. The maximum atomic E-state index is 12.8. The van der Waals surface area contributed by atoms with E-state index < -0.39 is 11.4 Å². The van der Waals surface area contributed by atoms with Crippen molar-refractivity contribution in [2.24, 2.45) is 0 Å². The van der Waals surface area contributed by atoms with E-state index >= 15 is 0 Å². The Kier molecular flexibility index (Phi) is 3.52. The minimum Gasteiger partial charge on any atom is -0.454 e. The van der Waals surface area contributed by atoms with Gasteiger partial charge < -0.3 is 9.47 Å². The fourth-order valence-corrected chi connectivity index (χ4v) is 3.74. The van der Waals surface area contributed by atoms with E-state index in [2.05, 4.69) is 10.1 Å². The number of hydrogen-bond acceptors (Lipinski definition) is 7. The van der Waals surface area contributed by atoms with Crippen molar-refractivity contribution >= 4 is 27.9 Å². The lowest BCUT2D eigenvalue weighted by molar-refractivity contribution is 0.174. The topological polar surface area (TPSA) is 87.7 Å². The van der Waals surface area contributed by atoms with Gasteiger partial charge in [0.2, 0.25) is 11.8 Å². The Labute approximate surface area is 159 Å². The Morgan fingerprint density at radius 1 is 1.04 bits per heavy atom. The molecule has 0 unspecified atom stereocenters. The molecule has 27 heavy (non-hydrogen) atoms. The zero-order chi connectivity index (χ0) is 18.5. The molecule has 0 amide bonds. The SMILES string of the molecule is O=c1nc2sc(-c3ccc4c(c3)OCO4)nn2c(=O)n1-c1ccc(Cl)cc1. The number of benzene rings is 2. The number of aromatic nitrogens is 4. The molecule has 10 heteroatoms. The Hall–Kier alpha value is -3.17. The van der Waals surface area contributed by atoms with Gasteiger partial charge in [-0.25, -0.2) is 14.2 Å². The number of nitrogens with zero attached hydrogens (tertiary/aromatic N) is 4. The lowest BCUT2D eigenvalue weighted by atomic mass is 10.2. The molecule has 3 heterocycles. The van der Waals surface area contributed by atoms with Crippen molar-refractivity contribution in [1.29, 1.82) is 0 Å². The summed E-state index contributed by atoms with van der Waals surface area (Å²) in [6.07, 6.45) is 0. The van der Waals surface area contributed by atoms with Crippen molar-refractivity contribution in [3.05, 3.63) is 68.5 Å². The highest BCUT2D eigenvalue weighted by molar-refractivity contribution is 7.19. The molecular weight excluding hydrogens is 392 g/mol. The molecule has 0 saturated carbocycles. The minimum atomic E-state index is -0.678. The largest absolute Gasteiger partial charge is 0.454 e. The van der Waals surface area contributed by atoms with E-state index in [9.17, 15) is 9.59 Å². The molecule has 1 aliphatic rings. The van der Waals surface area contributed by atoms with E-state index in [1.54, 1.807) is 36.4 Å². The number of rotatable bonds is 2. The summed E-state index contributed by atoms with van der Waals surface area (Å²) in [5.41, 5.74) is -0.174. The van der Waals surface area contributed by atoms with Gasteiger partial charge in [-0.05, 0) is 42.5 Å². The van der Waals surface area contributed by atoms with Crippen molar-refractivity contribution in [3.63, 3.8) is 0 Å². The minimum absolute atomic E-state index is 0.167. The molecule has 0 bridgehead atoms. The maximum absolute atomic E-state index is 12.8. The fraction of sp³-hybridized carbons (Fsp3) is 0.0588. The molecule has 5 rings (SSSR count). The quantitative estimate of drug-likeness (QED) is 0.513. The first-order valence-electron chi connectivity index (χ1n) is 7.79. The average molecular weight is 401 g/mol. The Morgan fingerprint density at radius 3 is 2.63 bits per heavy atom. The molecule has 0 aliphatic carbocycles. The van der Waals surface area contributed by atoms with Gasteiger partial charge in [-0.2, -0.15) is 9.50 Å². The van der Waals surface area contributed by atoms with Gasteiger partial charge in [0.05, 0.1) is 5.69 Å². The highest BCUT2D eigenvalue weighted by atomic mass is 35.5. The van der Waals surface area contributed by atoms with Crippen molar-refractivity contribution in [3.8, 4) is 27.8 Å². The number of fused-ring (bicyclic) bond motifs is 2. The average Bonchev–Trinajstić information content (AvgIpc) is 3.29. The summed E-state index contributed by atoms with van der Waals surface area (Å²) in [7, 11) is 0. The highest BCUT2D eigenvalue weighted by Crippen LogP contribution is 2.36. The van der Waals surface area contributed by atoms with Crippen LogP contribution in [0.5, 0.6) is 11.5 Å². The van der Waals surface area contributed by atoms with Gasteiger partial charge in [0.25, 0.3) is 0 Å². The normalized spacial score (nSPS) is 12.6. The summed E-state index contributed by atoms with van der Waals surface area (Å²) in [6.45, 7) is 0.167. The summed E-state index contributed by atoms with van der Waals surface area (Å²) in [6, 6.07) is 11.7. The van der Waals surface area contributed by atoms with Crippen LogP contribution in [0.1, 0.15) is 0 Å². The first-order chi connectivity index (χ1) is 13.1. The van der Waals surface area contributed by atoms with Crippen molar-refractivity contribution in [2.45, 2.75) is 0 Å². The van der Waals surface area contributed by atoms with E-state index in [0.29, 0.717) is 27.2 Å². The Morgan fingerprint density at radius 2 is 1.81 bits per heavy atom. The van der Waals surface area contributed by atoms with Crippen LogP contribution in [-0.2, 0) is 0 Å². The van der Waals surface area contributed by atoms with Gasteiger partial charge in [-0.15, -0.1) is 5.10 Å². The molecule has 134 valence electrons. The van der Waals surface area contributed by atoms with Crippen molar-refractivity contribution in [1.82, 2.24) is 19.2 Å². The molecule has 0 spiro atoms. The second-order valence-corrected chi connectivity index (χ2v) is 7.05. The summed E-state index contributed by atoms with van der Waals surface area (Å²) < 4.78 is 12.7. The van der Waals surface area contributed by atoms with Crippen LogP contribution in [-0.4, -0.2) is 26.0 Å². The van der Waals surface area contributed by atoms with Crippen LogP contribution in [0.4, 0.5) is 0 Å². The van der Waals surface area contributed by atoms with Crippen LogP contribution in [0.2, 0.25) is 5.02 Å². The third-order valence-corrected chi connectivity index (χ3v) is 5.23. The van der Waals surface area contributed by atoms with Crippen LogP contribution in [0.25, 0.3) is 21.2 Å². The van der Waals surface area contributed by atoms with E-state index in [4.69, 9.17) is 21.1 Å². The van der Waals surface area contributed by atoms with Crippen molar-refractivity contribution < 1.29 is 9.47 Å². The zero-order valence-electron chi connectivity index (χ0n) is 13.5. The number of halogens is 1. The molecule has 8 nitrogen and oxygen atoms in total. The maximum Gasteiger partial charge on any atom is 0.360 e. The molecule has 1 aliphatic heterocycles. The Balaban J connectivity index is 1.68. The Bertz CT molecular complexity index is 1310. The molecule has 2 aromatic carbocycles. The molecule has 4 aromatic rings. The predicted octanol–water partition coefficient (Wildman–Crippen LogP) is 2.35. The van der Waals surface area contributed by atoms with Crippen LogP contribution in [0, 0.1) is 0 Å². The molecule has 0 N–H and O–H groups in total. The summed E-state index contributed by atoms with van der Waals surface area (Å²) in [5.74, 6) is 1.25. The molecule has 0 fully saturated rings. The second kappa shape index (κ2) is 5.93. The van der Waals surface area contributed by atoms with Gasteiger partial charge in [0.1, 0.15) is 5.01 Å². The number of ether oxygens (including phenoxy) is 2. The van der Waals surface area contributed by atoms with E-state index in [-0.39, 0.29) is 11.8 Å². The van der Waals surface area contributed by atoms with Crippen LogP contribution >= 0.6 is 22.9 Å². The third-order valence-electron chi connectivity index (χ3n) is 4.02. The van der Waals surface area contributed by atoms with Crippen LogP contribution in [0.3, 0.4) is 0 Å². The van der Waals surface area contributed by atoms with Gasteiger partial charge in [-0.1, -0.05) is 22.9 Å². The highest BCUT2D eigenvalue weighted by Gasteiger charge is 2.18. The van der Waals surface area contributed by atoms with Gasteiger partial charge in [0, 0.05) is 10.6 Å². The van der Waals surface area contributed by atoms with E-state index in [0.717, 1.165) is 26.0 Å². The fourth-order valence-electron chi connectivity index (χ4n) is 2.74. The second-order valence-electron chi connectivity index (χ2n) is 5.66. The van der Waals surface area contributed by atoms with Gasteiger partial charge in [-0.3, -0.25) is 0 Å². The first-order valence-corrected chi connectivity index (χ1v) is 8.98. The molecular formula is C17H9ClN4O4S. The molecule has 2 aromatic heterocycles. The predicted molar refractivity (Wildman–Crippen MR) is 99.3 cm³/mol. The van der Waals surface area contributed by atoms with E-state index in [1.165, 1.54) is 0 Å². The summed E-state index contributed by atoms with van der Waals surface area (Å²) in [5, 5.41) is 5.36. The molecule has 0 saturated heterocycles. The lowest BCUT2D eigenvalue weighted by Crippen LogP contribution is -2.37. The molecule has 0 radical (unpaired) electrons. The van der Waals surface area contributed by atoms with Crippen LogP contribution < -0.4 is 20.9 Å². The lowest BCUT2D eigenvalue weighted by Gasteiger charge is -2.03. The van der Waals surface area contributed by atoms with Crippen LogP contribution in [0.15, 0.2) is 52.1 Å². The van der Waals surface area contributed by atoms with E-state index in [1.807, 2.05) is 6.07 Å². The molecule has 0 atom stereocenters. The first kappa shape index (κ1) is 16.0. The zero-order valence-corrected chi connectivity index (χ0v) is 15.0. The van der Waals surface area contributed by atoms with Gasteiger partial charge in [0.15, 0.2) is 11.5 Å². The summed E-state index contributed by atoms with van der Waals surface area (Å²) >= 11 is 7.01. The standard InChI is InChI=1S/C17H9ClN4O4S/c18-10-2-4-11(5-3-10)21-15(23)19-16-22(17(21)24)20-14(27-16)9-1-6-12-13(7-9)26-8-25-12/h1-7H,8H2. The van der Waals surface area contributed by atoms with Crippen molar-refractivity contribution in [2.75, 3.05) is 6.79 Å². The van der Waals surface area contributed by atoms with Gasteiger partial charge >= 0.3 is 11.4 Å². The number of hydrogen-bond donors (Lipinski definition) is 0. The third kappa shape index (κ3) is 2.59. The summed E-state index contributed by atoms with van der Waals surface area (Å²) in [4.78, 5) is 29.4. The monoisotopic (exact) mass is 400 g/mol.